The van der Waals surface area contributed by atoms with Gasteiger partial charge in [-0.15, -0.1) is 0 Å². The molecule has 0 amide bonds. The molecule has 1 heterocycles. The van der Waals surface area contributed by atoms with Gasteiger partial charge in [-0.25, -0.2) is 0 Å². The minimum absolute atomic E-state index is 0.0147. The molecule has 4 aromatic rings. The van der Waals surface area contributed by atoms with E-state index in [4.69, 9.17) is 9.47 Å². The topological polar surface area (TPSA) is 54.8 Å². The highest BCUT2D eigenvalue weighted by Crippen LogP contribution is 2.23. The van der Waals surface area contributed by atoms with E-state index < -0.39 is 0 Å². The van der Waals surface area contributed by atoms with Crippen molar-refractivity contribution in [3.05, 3.63) is 114 Å². The fourth-order valence-electron chi connectivity index (χ4n) is 4.05. The second-order valence-corrected chi connectivity index (χ2v) is 8.27. The largest absolute Gasteiger partial charge is 0.497 e. The van der Waals surface area contributed by atoms with Crippen LogP contribution in [0.2, 0.25) is 0 Å². The van der Waals surface area contributed by atoms with Crippen LogP contribution >= 0.6 is 0 Å². The van der Waals surface area contributed by atoms with Crippen LogP contribution in [0.25, 0.3) is 11.1 Å². The smallest absolute Gasteiger partial charge is 0.119 e. The van der Waals surface area contributed by atoms with Crippen molar-refractivity contribution in [1.82, 2.24) is 9.88 Å². The summed E-state index contributed by atoms with van der Waals surface area (Å²) in [5.74, 6) is 1.61. The molecule has 4 rings (SSSR count). The van der Waals surface area contributed by atoms with E-state index in [1.54, 1.807) is 14.2 Å². The van der Waals surface area contributed by atoms with E-state index in [1.807, 2.05) is 54.9 Å². The lowest BCUT2D eigenvalue weighted by atomic mass is 10.0. The third kappa shape index (κ3) is 6.22. The highest BCUT2D eigenvalue weighted by Gasteiger charge is 2.11. The molecule has 0 unspecified atom stereocenters. The Morgan fingerprint density at radius 1 is 0.618 bits per heavy atom. The second-order valence-electron chi connectivity index (χ2n) is 8.27. The first-order valence-corrected chi connectivity index (χ1v) is 11.3. The Morgan fingerprint density at radius 2 is 1.15 bits per heavy atom. The summed E-state index contributed by atoms with van der Waals surface area (Å²) in [6, 6.07) is 26.8. The first-order valence-electron chi connectivity index (χ1n) is 11.3. The molecule has 0 aliphatic carbocycles. The fourth-order valence-corrected chi connectivity index (χ4v) is 4.05. The summed E-state index contributed by atoms with van der Waals surface area (Å²) in [6.07, 6.45) is 3.63. The van der Waals surface area contributed by atoms with Gasteiger partial charge in [0.1, 0.15) is 11.5 Å². The van der Waals surface area contributed by atoms with Crippen LogP contribution < -0.4 is 9.47 Å². The molecule has 1 N–H and O–H groups in total. The third-order valence-electron chi connectivity index (χ3n) is 5.79. The lowest BCUT2D eigenvalue weighted by molar-refractivity contribution is 0.246. The Hall–Kier alpha value is -3.67. The number of hydrogen-bond donors (Lipinski definition) is 1. The van der Waals surface area contributed by atoms with Crippen LogP contribution in [-0.4, -0.2) is 29.2 Å². The molecule has 34 heavy (non-hydrogen) atoms. The highest BCUT2D eigenvalue weighted by atomic mass is 16.5. The number of aliphatic hydroxyl groups is 1. The van der Waals surface area contributed by atoms with Crippen molar-refractivity contribution >= 4 is 0 Å². The number of nitrogens with zero attached hydrogens (tertiary/aromatic N) is 2. The molecule has 0 saturated heterocycles. The zero-order valence-corrected chi connectivity index (χ0v) is 19.6. The van der Waals surface area contributed by atoms with Crippen LogP contribution in [0.1, 0.15) is 22.3 Å². The van der Waals surface area contributed by atoms with Gasteiger partial charge in [-0.05, 0) is 69.8 Å². The van der Waals surface area contributed by atoms with Crippen LogP contribution in [0.5, 0.6) is 11.5 Å². The van der Waals surface area contributed by atoms with Crippen molar-refractivity contribution in [2.24, 2.45) is 0 Å². The van der Waals surface area contributed by atoms with E-state index in [2.05, 4.69) is 46.3 Å². The minimum Gasteiger partial charge on any atom is -0.497 e. The minimum atomic E-state index is -0.0147. The van der Waals surface area contributed by atoms with Gasteiger partial charge in [0.25, 0.3) is 0 Å². The number of benzene rings is 3. The number of hydrogen-bond acceptors (Lipinski definition) is 5. The number of pyridine rings is 1. The fraction of sp³-hybridized carbons (Fsp3) is 0.207. The van der Waals surface area contributed by atoms with Crippen molar-refractivity contribution in [3.63, 3.8) is 0 Å². The van der Waals surface area contributed by atoms with E-state index in [0.29, 0.717) is 0 Å². The Labute approximate surface area is 201 Å². The molecule has 5 nitrogen and oxygen atoms in total. The van der Waals surface area contributed by atoms with Crippen LogP contribution in [0, 0.1) is 0 Å². The maximum absolute atomic E-state index is 9.67. The molecule has 0 atom stereocenters. The van der Waals surface area contributed by atoms with Crippen LogP contribution in [0.4, 0.5) is 0 Å². The highest BCUT2D eigenvalue weighted by molar-refractivity contribution is 5.62. The number of ether oxygens (including phenoxy) is 2. The lowest BCUT2D eigenvalue weighted by Gasteiger charge is -2.24. The summed E-state index contributed by atoms with van der Waals surface area (Å²) < 4.78 is 10.8. The quantitative estimate of drug-likeness (QED) is 0.345. The van der Waals surface area contributed by atoms with Crippen molar-refractivity contribution in [3.8, 4) is 22.6 Å². The third-order valence-corrected chi connectivity index (χ3v) is 5.79. The van der Waals surface area contributed by atoms with Gasteiger partial charge in [-0.1, -0.05) is 42.5 Å². The van der Waals surface area contributed by atoms with E-state index >= 15 is 0 Å². The average molecular weight is 455 g/mol. The van der Waals surface area contributed by atoms with Crippen molar-refractivity contribution < 1.29 is 14.6 Å². The van der Waals surface area contributed by atoms with Gasteiger partial charge in [0.15, 0.2) is 0 Å². The summed E-state index contributed by atoms with van der Waals surface area (Å²) >= 11 is 0. The molecule has 174 valence electrons. The summed E-state index contributed by atoms with van der Waals surface area (Å²) in [5.41, 5.74) is 6.72. The molecule has 0 aliphatic rings. The van der Waals surface area contributed by atoms with Gasteiger partial charge in [0.05, 0.1) is 20.8 Å². The van der Waals surface area contributed by atoms with E-state index in [-0.39, 0.29) is 6.61 Å². The second kappa shape index (κ2) is 11.5. The van der Waals surface area contributed by atoms with E-state index in [9.17, 15) is 5.11 Å². The van der Waals surface area contributed by atoms with Crippen LogP contribution in [-0.2, 0) is 26.2 Å². The molecule has 0 bridgehead atoms. The Balaban J connectivity index is 1.56. The Bertz CT molecular complexity index is 1150. The maximum atomic E-state index is 9.67. The Morgan fingerprint density at radius 3 is 1.74 bits per heavy atom. The van der Waals surface area contributed by atoms with Crippen molar-refractivity contribution in [2.45, 2.75) is 26.2 Å². The predicted octanol–water partition coefficient (Wildman–Crippen LogP) is 5.46. The standard InChI is InChI=1S/C29H30N2O3/c1-33-28-9-5-23(6-10-28)19-31(20-24-15-25(21-32)17-29(16-24)34-2)18-22-3-7-26(8-4-22)27-11-13-30-14-12-27/h3-17,32H,18-21H2,1-2H3. The monoisotopic (exact) mass is 454 g/mol. The Kier molecular flexibility index (Phi) is 7.91. The SMILES string of the molecule is COc1ccc(CN(Cc2ccc(-c3ccncc3)cc2)Cc2cc(CO)cc(OC)c2)cc1. The number of aliphatic hydroxyl groups excluding tert-OH is 1. The lowest BCUT2D eigenvalue weighted by Crippen LogP contribution is -2.22. The molecule has 0 fully saturated rings. The zero-order chi connectivity index (χ0) is 23.8. The van der Waals surface area contributed by atoms with Crippen molar-refractivity contribution in [1.29, 1.82) is 0 Å². The molecule has 1 aromatic heterocycles. The van der Waals surface area contributed by atoms with Gasteiger partial charge < -0.3 is 14.6 Å². The molecule has 5 heteroatoms. The molecular weight excluding hydrogens is 424 g/mol. The molecular formula is C29H30N2O3. The van der Waals surface area contributed by atoms with Gasteiger partial charge in [0.2, 0.25) is 0 Å². The van der Waals surface area contributed by atoms with E-state index in [1.165, 1.54) is 16.7 Å². The van der Waals surface area contributed by atoms with Gasteiger partial charge in [0, 0.05) is 32.0 Å². The summed E-state index contributed by atoms with van der Waals surface area (Å²) in [4.78, 5) is 6.49. The molecule has 0 saturated carbocycles. The normalized spacial score (nSPS) is 10.9. The molecule has 0 radical (unpaired) electrons. The van der Waals surface area contributed by atoms with Crippen LogP contribution in [0.3, 0.4) is 0 Å². The zero-order valence-electron chi connectivity index (χ0n) is 19.6. The molecule has 0 spiro atoms. The van der Waals surface area contributed by atoms with E-state index in [0.717, 1.165) is 47.8 Å². The number of methoxy groups -OCH3 is 2. The van der Waals surface area contributed by atoms with Gasteiger partial charge in [-0.3, -0.25) is 9.88 Å². The average Bonchev–Trinajstić information content (AvgIpc) is 2.89. The number of rotatable bonds is 10. The first kappa shape index (κ1) is 23.5. The predicted molar refractivity (Wildman–Crippen MR) is 135 cm³/mol. The first-order chi connectivity index (χ1) is 16.7. The molecule has 0 aliphatic heterocycles. The van der Waals surface area contributed by atoms with Gasteiger partial charge >= 0.3 is 0 Å². The van der Waals surface area contributed by atoms with Crippen molar-refractivity contribution in [2.75, 3.05) is 14.2 Å². The molecule has 3 aromatic carbocycles. The summed E-state index contributed by atoms with van der Waals surface area (Å²) in [6.45, 7) is 2.28. The summed E-state index contributed by atoms with van der Waals surface area (Å²) in [5, 5.41) is 9.67. The van der Waals surface area contributed by atoms with Gasteiger partial charge in [-0.2, -0.15) is 0 Å². The van der Waals surface area contributed by atoms with Crippen LogP contribution in [0.15, 0.2) is 91.3 Å². The number of aromatic nitrogens is 1. The summed E-state index contributed by atoms with van der Waals surface area (Å²) in [7, 11) is 3.33. The maximum Gasteiger partial charge on any atom is 0.119 e.